The Morgan fingerprint density at radius 1 is 0.818 bits per heavy atom. The molecule has 1 heteroatoms. The van der Waals surface area contributed by atoms with Crippen LogP contribution >= 0.6 is 11.3 Å². The molecule has 2 aromatic carbocycles. The second-order valence-electron chi connectivity index (χ2n) is 5.56. The molecule has 1 heterocycles. The highest BCUT2D eigenvalue weighted by Gasteiger charge is 2.04. The third-order valence-electron chi connectivity index (χ3n) is 3.55. The Balaban J connectivity index is 1.85. The van der Waals surface area contributed by atoms with E-state index in [2.05, 4.69) is 62.1 Å². The van der Waals surface area contributed by atoms with Crippen LogP contribution in [0.1, 0.15) is 35.8 Å². The minimum absolute atomic E-state index is 0.553. The Bertz CT molecular complexity index is 814. The Morgan fingerprint density at radius 2 is 1.64 bits per heavy atom. The van der Waals surface area contributed by atoms with E-state index in [0.29, 0.717) is 5.92 Å². The molecular formula is C21H18S. The zero-order valence-corrected chi connectivity index (χ0v) is 13.7. The Labute approximate surface area is 136 Å². The van der Waals surface area contributed by atoms with Gasteiger partial charge in [0.2, 0.25) is 0 Å². The van der Waals surface area contributed by atoms with Gasteiger partial charge >= 0.3 is 0 Å². The fourth-order valence-corrected chi connectivity index (χ4v) is 3.12. The highest BCUT2D eigenvalue weighted by Crippen LogP contribution is 2.29. The molecule has 0 N–H and O–H groups in total. The highest BCUT2D eigenvalue weighted by atomic mass is 32.1. The fraction of sp³-hybridized carbons (Fsp3) is 0.143. The minimum atomic E-state index is 0.553. The van der Waals surface area contributed by atoms with Crippen molar-refractivity contribution in [2.75, 3.05) is 0 Å². The van der Waals surface area contributed by atoms with E-state index in [4.69, 9.17) is 0 Å². The SMILES string of the molecule is CC(C)c1cccc(-c2ccc(C#Cc3ccccc3)s2)c1. The van der Waals surface area contributed by atoms with E-state index in [9.17, 15) is 0 Å². The van der Waals surface area contributed by atoms with Gasteiger partial charge in [0, 0.05) is 10.4 Å². The summed E-state index contributed by atoms with van der Waals surface area (Å²) in [5, 5.41) is 0. The Kier molecular flexibility index (Phi) is 4.42. The lowest BCUT2D eigenvalue weighted by Crippen LogP contribution is -1.86. The summed E-state index contributed by atoms with van der Waals surface area (Å²) < 4.78 is 0. The highest BCUT2D eigenvalue weighted by molar-refractivity contribution is 7.16. The monoisotopic (exact) mass is 302 g/mol. The molecule has 0 saturated carbocycles. The van der Waals surface area contributed by atoms with Crippen LogP contribution in [0.5, 0.6) is 0 Å². The van der Waals surface area contributed by atoms with Crippen LogP contribution in [0, 0.1) is 11.8 Å². The van der Waals surface area contributed by atoms with Gasteiger partial charge in [-0.1, -0.05) is 68.2 Å². The van der Waals surface area contributed by atoms with Crippen LogP contribution < -0.4 is 0 Å². The molecule has 0 atom stereocenters. The van der Waals surface area contributed by atoms with Gasteiger partial charge in [0.25, 0.3) is 0 Å². The second kappa shape index (κ2) is 6.64. The summed E-state index contributed by atoms with van der Waals surface area (Å²) in [6.07, 6.45) is 0. The smallest absolute Gasteiger partial charge is 0.0778 e. The molecule has 3 rings (SSSR count). The van der Waals surface area contributed by atoms with E-state index in [1.54, 1.807) is 11.3 Å². The molecular weight excluding hydrogens is 284 g/mol. The van der Waals surface area contributed by atoms with Crippen molar-refractivity contribution in [2.45, 2.75) is 19.8 Å². The van der Waals surface area contributed by atoms with Crippen LogP contribution in [0.4, 0.5) is 0 Å². The van der Waals surface area contributed by atoms with E-state index >= 15 is 0 Å². The molecule has 0 unspecified atom stereocenters. The first kappa shape index (κ1) is 14.6. The van der Waals surface area contributed by atoms with Crippen molar-refractivity contribution >= 4 is 11.3 Å². The number of thiophene rings is 1. The number of rotatable bonds is 2. The molecule has 0 saturated heterocycles. The van der Waals surface area contributed by atoms with E-state index in [1.165, 1.54) is 16.0 Å². The molecule has 1 aromatic heterocycles. The summed E-state index contributed by atoms with van der Waals surface area (Å²) in [6.45, 7) is 4.45. The molecule has 0 aliphatic carbocycles. The van der Waals surface area contributed by atoms with Crippen LogP contribution in [0.15, 0.2) is 66.7 Å². The van der Waals surface area contributed by atoms with Crippen LogP contribution in [-0.4, -0.2) is 0 Å². The largest absolute Gasteiger partial charge is 0.127 e. The average Bonchev–Trinajstić information content (AvgIpc) is 3.03. The first-order valence-electron chi connectivity index (χ1n) is 7.49. The first-order valence-corrected chi connectivity index (χ1v) is 8.31. The van der Waals surface area contributed by atoms with Crippen molar-refractivity contribution < 1.29 is 0 Å². The predicted molar refractivity (Wildman–Crippen MR) is 96.3 cm³/mol. The van der Waals surface area contributed by atoms with Crippen LogP contribution in [-0.2, 0) is 0 Å². The zero-order valence-electron chi connectivity index (χ0n) is 12.8. The molecule has 22 heavy (non-hydrogen) atoms. The summed E-state index contributed by atoms with van der Waals surface area (Å²) in [4.78, 5) is 2.38. The van der Waals surface area contributed by atoms with Gasteiger partial charge in [-0.05, 0) is 41.3 Å². The van der Waals surface area contributed by atoms with Gasteiger partial charge in [0.15, 0.2) is 0 Å². The van der Waals surface area contributed by atoms with Crippen LogP contribution in [0.2, 0.25) is 0 Å². The normalized spacial score (nSPS) is 10.3. The summed E-state index contributed by atoms with van der Waals surface area (Å²) in [7, 11) is 0. The lowest BCUT2D eigenvalue weighted by Gasteiger charge is -2.06. The van der Waals surface area contributed by atoms with E-state index in [0.717, 1.165) is 10.4 Å². The molecule has 0 fully saturated rings. The molecule has 0 amide bonds. The summed E-state index contributed by atoms with van der Waals surface area (Å²) in [5.74, 6) is 7.03. The van der Waals surface area contributed by atoms with Gasteiger partial charge < -0.3 is 0 Å². The van der Waals surface area contributed by atoms with Crippen LogP contribution in [0.25, 0.3) is 10.4 Å². The molecule has 0 spiro atoms. The third-order valence-corrected chi connectivity index (χ3v) is 4.60. The topological polar surface area (TPSA) is 0 Å². The zero-order chi connectivity index (χ0) is 15.4. The van der Waals surface area contributed by atoms with E-state index < -0.39 is 0 Å². The molecule has 0 radical (unpaired) electrons. The molecule has 0 bridgehead atoms. The van der Waals surface area contributed by atoms with Crippen molar-refractivity contribution in [3.8, 4) is 22.3 Å². The standard InChI is InChI=1S/C21H18S/c1-16(2)18-9-6-10-19(15-18)21-14-13-20(22-21)12-11-17-7-4-3-5-8-17/h3-10,13-16H,1-2H3. The van der Waals surface area contributed by atoms with Gasteiger partial charge in [0.1, 0.15) is 0 Å². The maximum Gasteiger partial charge on any atom is 0.0778 e. The number of hydrogen-bond acceptors (Lipinski definition) is 1. The quantitative estimate of drug-likeness (QED) is 0.514. The molecule has 108 valence electrons. The molecule has 0 nitrogen and oxygen atoms in total. The summed E-state index contributed by atoms with van der Waals surface area (Å²) >= 11 is 1.75. The van der Waals surface area contributed by atoms with Gasteiger partial charge in [-0.3, -0.25) is 0 Å². The minimum Gasteiger partial charge on any atom is -0.127 e. The van der Waals surface area contributed by atoms with Crippen molar-refractivity contribution in [3.63, 3.8) is 0 Å². The Morgan fingerprint density at radius 3 is 2.41 bits per heavy atom. The second-order valence-corrected chi connectivity index (χ2v) is 6.64. The van der Waals surface area contributed by atoms with Crippen molar-refractivity contribution in [2.24, 2.45) is 0 Å². The van der Waals surface area contributed by atoms with E-state index in [1.807, 2.05) is 30.3 Å². The van der Waals surface area contributed by atoms with Crippen molar-refractivity contribution in [1.29, 1.82) is 0 Å². The fourth-order valence-electron chi connectivity index (χ4n) is 2.27. The van der Waals surface area contributed by atoms with Gasteiger partial charge in [-0.25, -0.2) is 0 Å². The lowest BCUT2D eigenvalue weighted by atomic mass is 10.0. The van der Waals surface area contributed by atoms with E-state index in [-0.39, 0.29) is 0 Å². The van der Waals surface area contributed by atoms with Crippen molar-refractivity contribution in [3.05, 3.63) is 82.7 Å². The first-order chi connectivity index (χ1) is 10.7. The maximum absolute atomic E-state index is 3.26. The van der Waals surface area contributed by atoms with Crippen LogP contribution in [0.3, 0.4) is 0 Å². The molecule has 0 aliphatic heterocycles. The number of hydrogen-bond donors (Lipinski definition) is 0. The third kappa shape index (κ3) is 3.47. The predicted octanol–water partition coefficient (Wildman–Crippen LogP) is 5.94. The van der Waals surface area contributed by atoms with Crippen molar-refractivity contribution in [1.82, 2.24) is 0 Å². The molecule has 0 aliphatic rings. The lowest BCUT2D eigenvalue weighted by molar-refractivity contribution is 0.867. The summed E-state index contributed by atoms with van der Waals surface area (Å²) in [5.41, 5.74) is 3.71. The maximum atomic E-state index is 3.26. The Hall–Kier alpha value is -2.30. The van der Waals surface area contributed by atoms with Gasteiger partial charge in [0.05, 0.1) is 4.88 Å². The van der Waals surface area contributed by atoms with Gasteiger partial charge in [-0.15, -0.1) is 11.3 Å². The van der Waals surface area contributed by atoms with Gasteiger partial charge in [-0.2, -0.15) is 0 Å². The molecule has 3 aromatic rings. The summed E-state index contributed by atoms with van der Waals surface area (Å²) in [6, 6.07) is 23.2. The average molecular weight is 302 g/mol. The number of benzene rings is 2.